The highest BCUT2D eigenvalue weighted by atomic mass is 32.1. The van der Waals surface area contributed by atoms with E-state index in [-0.39, 0.29) is 57.5 Å². The molecule has 16 heteroatoms. The zero-order valence-corrected chi connectivity index (χ0v) is 24.0. The Bertz CT molecular complexity index is 2180. The summed E-state index contributed by atoms with van der Waals surface area (Å²) in [4.78, 5) is 65.1. The Morgan fingerprint density at radius 3 is 2.64 bits per heavy atom. The molecule has 0 spiro atoms. The number of hydrogen-bond acceptors (Lipinski definition) is 10. The molecule has 0 fully saturated rings. The van der Waals surface area contributed by atoms with Crippen molar-refractivity contribution in [2.45, 2.75) is 32.0 Å². The van der Waals surface area contributed by atoms with Crippen molar-refractivity contribution in [2.24, 2.45) is 0 Å². The summed E-state index contributed by atoms with van der Waals surface area (Å²) in [6.07, 6.45) is 1.13. The number of nitrogens with one attached hydrogen (secondary N) is 4. The van der Waals surface area contributed by atoms with E-state index in [0.29, 0.717) is 18.4 Å². The van der Waals surface area contributed by atoms with Crippen molar-refractivity contribution in [1.82, 2.24) is 30.2 Å². The number of fused-ring (bicyclic) bond motifs is 2. The molecule has 228 valence electrons. The van der Waals surface area contributed by atoms with Crippen LogP contribution in [0, 0.1) is 10.6 Å². The van der Waals surface area contributed by atoms with E-state index in [2.05, 4.69) is 31.1 Å². The monoisotopic (exact) mass is 630 g/mol. The first-order valence-corrected chi connectivity index (χ1v) is 14.0. The number of aryl methyl sites for hydroxylation is 1. The molecule has 0 unspecified atom stereocenters. The maximum atomic E-state index is 14.4. The molecule has 5 aromatic rings. The third-order valence-corrected chi connectivity index (χ3v) is 7.87. The molecule has 7 N–H and O–H groups in total. The van der Waals surface area contributed by atoms with Gasteiger partial charge in [-0.1, -0.05) is 12.1 Å². The highest BCUT2D eigenvalue weighted by Gasteiger charge is 2.27. The van der Waals surface area contributed by atoms with Gasteiger partial charge in [-0.25, -0.2) is 23.7 Å². The number of amides is 2. The summed E-state index contributed by atoms with van der Waals surface area (Å²) in [6, 6.07) is 9.78. The van der Waals surface area contributed by atoms with Gasteiger partial charge in [0.05, 0.1) is 11.6 Å². The van der Waals surface area contributed by atoms with Gasteiger partial charge >= 0.3 is 5.97 Å². The third kappa shape index (κ3) is 5.42. The van der Waals surface area contributed by atoms with Crippen LogP contribution in [-0.2, 0) is 19.5 Å². The molecule has 14 nitrogen and oxygen atoms in total. The summed E-state index contributed by atoms with van der Waals surface area (Å²) in [5, 5.41) is 24.1. The van der Waals surface area contributed by atoms with Gasteiger partial charge in [0, 0.05) is 18.7 Å². The summed E-state index contributed by atoms with van der Waals surface area (Å²) < 4.78 is 15.8. The van der Waals surface area contributed by atoms with Gasteiger partial charge in [-0.3, -0.25) is 19.2 Å². The average Bonchev–Trinajstić information content (AvgIpc) is 3.62. The van der Waals surface area contributed by atoms with E-state index >= 15 is 0 Å². The molecule has 2 aromatic heterocycles. The van der Waals surface area contributed by atoms with Crippen LogP contribution >= 0.6 is 12.2 Å². The lowest BCUT2D eigenvalue weighted by atomic mass is 10.0. The maximum absolute atomic E-state index is 14.4. The van der Waals surface area contributed by atoms with Crippen LogP contribution in [0.3, 0.4) is 0 Å². The van der Waals surface area contributed by atoms with Crippen molar-refractivity contribution in [3.05, 3.63) is 113 Å². The summed E-state index contributed by atoms with van der Waals surface area (Å²) in [5.41, 5.74) is 6.03. The molecule has 0 saturated carbocycles. The number of hydrogen-bond donors (Lipinski definition) is 6. The standard InChI is InChI=1S/C29H23FN8O6S/c30-17-5-1-12(7-15(17)11-32-22-21(31)23(39)24(22)40)10-33-25(41)19-9-20(38-28(35-19)36-37-29(38)45)26(42)34-18-6-3-13-8-14(27(43)44)2-4-16(13)18/h1-2,4-5,7-9,18,32H,3,6,10-11,31H2,(H,33,41)(H,34,42)(H,37,45)(H,43,44)/t18-/m0/s1. The molecule has 45 heavy (non-hydrogen) atoms. The predicted molar refractivity (Wildman–Crippen MR) is 161 cm³/mol. The molecule has 0 radical (unpaired) electrons. The summed E-state index contributed by atoms with van der Waals surface area (Å²) in [7, 11) is 0. The third-order valence-electron chi connectivity index (χ3n) is 7.59. The first-order valence-electron chi connectivity index (χ1n) is 13.5. The Morgan fingerprint density at radius 1 is 1.09 bits per heavy atom. The highest BCUT2D eigenvalue weighted by Crippen LogP contribution is 2.32. The van der Waals surface area contributed by atoms with Crippen molar-refractivity contribution < 1.29 is 23.9 Å². The highest BCUT2D eigenvalue weighted by molar-refractivity contribution is 7.71. The average molecular weight is 631 g/mol. The molecule has 2 amide bonds. The van der Waals surface area contributed by atoms with Crippen molar-refractivity contribution in [3.63, 3.8) is 0 Å². The molecule has 1 atom stereocenters. The van der Waals surface area contributed by atoms with Crippen molar-refractivity contribution in [1.29, 1.82) is 0 Å². The number of carbonyl (C=O) groups is 3. The van der Waals surface area contributed by atoms with Crippen LogP contribution in [0.5, 0.6) is 0 Å². The molecular weight excluding hydrogens is 607 g/mol. The normalized spacial score (nSPS) is 13.9. The number of nitrogen functional groups attached to an aromatic ring is 1. The number of aromatic amines is 1. The number of benzene rings is 2. The van der Waals surface area contributed by atoms with Crippen LogP contribution in [0.15, 0.2) is 52.1 Å². The Hall–Kier alpha value is -5.77. The van der Waals surface area contributed by atoms with E-state index in [1.807, 2.05) is 0 Å². The molecule has 1 aliphatic carbocycles. The molecule has 3 aromatic carbocycles. The smallest absolute Gasteiger partial charge is 0.335 e. The molecular formula is C29H23FN8O6S. The lowest BCUT2D eigenvalue weighted by Gasteiger charge is -2.15. The zero-order valence-electron chi connectivity index (χ0n) is 23.1. The van der Waals surface area contributed by atoms with Crippen LogP contribution in [0.4, 0.5) is 15.8 Å². The Kier molecular flexibility index (Phi) is 7.41. The summed E-state index contributed by atoms with van der Waals surface area (Å²) in [6.45, 7) is -0.155. The van der Waals surface area contributed by atoms with Gasteiger partial charge in [-0.2, -0.15) is 0 Å². The van der Waals surface area contributed by atoms with Gasteiger partial charge in [-0.15, -0.1) is 5.10 Å². The lowest BCUT2D eigenvalue weighted by molar-refractivity contribution is 0.0696. The number of carbonyl (C=O) groups excluding carboxylic acids is 2. The van der Waals surface area contributed by atoms with E-state index in [4.69, 9.17) is 18.0 Å². The van der Waals surface area contributed by atoms with Gasteiger partial charge in [0.1, 0.15) is 28.6 Å². The van der Waals surface area contributed by atoms with Crippen molar-refractivity contribution >= 4 is 47.2 Å². The number of rotatable bonds is 9. The van der Waals surface area contributed by atoms with Crippen molar-refractivity contribution in [3.8, 4) is 0 Å². The number of carboxylic acid groups (broad SMARTS) is 1. The number of aromatic nitrogens is 4. The SMILES string of the molecule is Nc1c(NCc2cc(CNC(=O)c3cc(C(=O)N[C@H]4CCc5cc(C(=O)O)ccc54)n4c(=S)[nH]nc4n3)ccc2F)c(=O)c1=O. The molecule has 0 saturated heterocycles. The number of carboxylic acids is 1. The van der Waals surface area contributed by atoms with E-state index in [1.165, 1.54) is 34.7 Å². The van der Waals surface area contributed by atoms with Crippen molar-refractivity contribution in [2.75, 3.05) is 11.1 Å². The minimum Gasteiger partial charge on any atom is -0.478 e. The summed E-state index contributed by atoms with van der Waals surface area (Å²) in [5.74, 6) is -2.81. The second-order valence-electron chi connectivity index (χ2n) is 10.4. The second kappa shape index (κ2) is 11.4. The van der Waals surface area contributed by atoms with E-state index in [9.17, 15) is 33.5 Å². The predicted octanol–water partition coefficient (Wildman–Crippen LogP) is 1.76. The van der Waals surface area contributed by atoms with Gasteiger partial charge in [0.15, 0.2) is 0 Å². The Labute approximate surface area is 256 Å². The number of anilines is 2. The van der Waals surface area contributed by atoms with Crippen LogP contribution < -0.4 is 32.5 Å². The quantitative estimate of drug-likeness (QED) is 0.102. The van der Waals surface area contributed by atoms with Gasteiger partial charge in [0.2, 0.25) is 4.77 Å². The fourth-order valence-electron chi connectivity index (χ4n) is 5.25. The number of aromatic carboxylic acids is 1. The first-order chi connectivity index (χ1) is 21.5. The van der Waals surface area contributed by atoms with Crippen LogP contribution in [0.25, 0.3) is 5.78 Å². The summed E-state index contributed by atoms with van der Waals surface area (Å²) >= 11 is 5.28. The molecule has 2 heterocycles. The minimum atomic E-state index is -1.04. The number of nitrogens with two attached hydrogens (primary N) is 1. The first kappa shape index (κ1) is 29.3. The van der Waals surface area contributed by atoms with E-state index in [1.54, 1.807) is 12.1 Å². The van der Waals surface area contributed by atoms with Crippen LogP contribution in [0.1, 0.15) is 66.1 Å². The molecule has 6 rings (SSSR count). The number of H-pyrrole nitrogens is 1. The largest absolute Gasteiger partial charge is 0.478 e. The molecule has 0 aliphatic heterocycles. The van der Waals surface area contributed by atoms with Gasteiger partial charge < -0.3 is 26.8 Å². The molecule has 1 aliphatic rings. The van der Waals surface area contributed by atoms with Crippen LogP contribution in [-0.4, -0.2) is 42.5 Å². The van der Waals surface area contributed by atoms with E-state index in [0.717, 1.165) is 11.1 Å². The number of nitrogens with zero attached hydrogens (tertiary/aromatic N) is 3. The second-order valence-corrected chi connectivity index (χ2v) is 10.8. The fourth-order valence-corrected chi connectivity index (χ4v) is 5.47. The topological polar surface area (TPSA) is 214 Å². The van der Waals surface area contributed by atoms with Gasteiger partial charge in [0.25, 0.3) is 28.4 Å². The molecule has 0 bridgehead atoms. The van der Waals surface area contributed by atoms with Gasteiger partial charge in [-0.05, 0) is 72.1 Å². The van der Waals surface area contributed by atoms with E-state index < -0.39 is 40.5 Å². The Balaban J connectivity index is 1.18. The lowest BCUT2D eigenvalue weighted by Crippen LogP contribution is -2.37. The maximum Gasteiger partial charge on any atom is 0.335 e. The van der Waals surface area contributed by atoms with Crippen LogP contribution in [0.2, 0.25) is 0 Å². The zero-order chi connectivity index (χ0) is 32.0. The number of halogens is 1. The minimum absolute atomic E-state index is 0.00671. The Morgan fingerprint density at radius 2 is 1.89 bits per heavy atom. The fraction of sp³-hybridized carbons (Fsp3) is 0.172.